The van der Waals surface area contributed by atoms with E-state index in [2.05, 4.69) is 10.6 Å². The van der Waals surface area contributed by atoms with Crippen LogP contribution in [0.5, 0.6) is 0 Å². The van der Waals surface area contributed by atoms with E-state index in [1.165, 1.54) is 0 Å². The van der Waals surface area contributed by atoms with Crippen LogP contribution in [0, 0.1) is 5.41 Å². The van der Waals surface area contributed by atoms with Crippen LogP contribution in [0.15, 0.2) is 24.3 Å². The zero-order chi connectivity index (χ0) is 13.6. The van der Waals surface area contributed by atoms with E-state index in [1.54, 1.807) is 13.1 Å². The van der Waals surface area contributed by atoms with E-state index in [4.69, 9.17) is 5.11 Å². The highest BCUT2D eigenvalue weighted by Gasteiger charge is 2.19. The number of hydrogen-bond acceptors (Lipinski definition) is 3. The summed E-state index contributed by atoms with van der Waals surface area (Å²) < 4.78 is 0. The second-order valence-electron chi connectivity index (χ2n) is 5.12. The molecule has 0 radical (unpaired) electrons. The van der Waals surface area contributed by atoms with E-state index in [1.807, 2.05) is 32.0 Å². The Kier molecular flexibility index (Phi) is 5.16. The Morgan fingerprint density at radius 1 is 1.33 bits per heavy atom. The molecule has 3 N–H and O–H groups in total. The molecule has 0 heterocycles. The predicted octanol–water partition coefficient (Wildman–Crippen LogP) is 1.87. The molecule has 18 heavy (non-hydrogen) atoms. The molecule has 0 atom stereocenters. The largest absolute Gasteiger partial charge is 0.396 e. The van der Waals surface area contributed by atoms with E-state index in [0.717, 1.165) is 5.69 Å². The van der Waals surface area contributed by atoms with Crippen molar-refractivity contribution in [3.05, 3.63) is 29.8 Å². The number of nitrogens with one attached hydrogen (secondary N) is 2. The van der Waals surface area contributed by atoms with E-state index in [0.29, 0.717) is 18.5 Å². The van der Waals surface area contributed by atoms with Gasteiger partial charge in [-0.2, -0.15) is 0 Å². The average Bonchev–Trinajstić information content (AvgIpc) is 2.36. The maximum absolute atomic E-state index is 12.1. The van der Waals surface area contributed by atoms with Crippen LogP contribution >= 0.6 is 0 Å². The molecule has 0 saturated heterocycles. The van der Waals surface area contributed by atoms with Gasteiger partial charge in [-0.1, -0.05) is 26.0 Å². The first-order valence-electron chi connectivity index (χ1n) is 6.16. The minimum absolute atomic E-state index is 0.0917. The molecule has 4 heteroatoms. The van der Waals surface area contributed by atoms with Gasteiger partial charge < -0.3 is 15.7 Å². The van der Waals surface area contributed by atoms with Gasteiger partial charge in [0.2, 0.25) is 0 Å². The molecule has 0 aliphatic carbocycles. The first-order valence-corrected chi connectivity index (χ1v) is 6.16. The lowest BCUT2D eigenvalue weighted by molar-refractivity contribution is 0.0929. The summed E-state index contributed by atoms with van der Waals surface area (Å²) in [6.07, 6.45) is 0.668. The Morgan fingerprint density at radius 2 is 2.00 bits per heavy atom. The van der Waals surface area contributed by atoms with Crippen LogP contribution in [0.25, 0.3) is 0 Å². The monoisotopic (exact) mass is 250 g/mol. The Balaban J connectivity index is 2.66. The molecule has 0 unspecified atom stereocenters. The summed E-state index contributed by atoms with van der Waals surface area (Å²) in [4.78, 5) is 12.1. The van der Waals surface area contributed by atoms with Crippen molar-refractivity contribution in [2.75, 3.05) is 25.5 Å². The van der Waals surface area contributed by atoms with Gasteiger partial charge >= 0.3 is 0 Å². The van der Waals surface area contributed by atoms with Gasteiger partial charge in [-0.15, -0.1) is 0 Å². The molecule has 1 aromatic rings. The van der Waals surface area contributed by atoms with Crippen molar-refractivity contribution in [3.63, 3.8) is 0 Å². The Hall–Kier alpha value is -1.55. The van der Waals surface area contributed by atoms with Crippen LogP contribution in [0.2, 0.25) is 0 Å². The number of amides is 1. The minimum atomic E-state index is -0.0982. The van der Waals surface area contributed by atoms with Crippen molar-refractivity contribution in [1.82, 2.24) is 5.32 Å². The molecule has 0 aliphatic rings. The molecular formula is C14H22N2O2. The van der Waals surface area contributed by atoms with Crippen LogP contribution in [0.3, 0.4) is 0 Å². The highest BCUT2D eigenvalue weighted by atomic mass is 16.3. The van der Waals surface area contributed by atoms with Gasteiger partial charge in [-0.3, -0.25) is 4.79 Å². The smallest absolute Gasteiger partial charge is 0.253 e. The lowest BCUT2D eigenvalue weighted by atomic mass is 9.89. The van der Waals surface area contributed by atoms with Crippen LogP contribution in [-0.2, 0) is 0 Å². The van der Waals surface area contributed by atoms with Crippen LogP contribution in [0.1, 0.15) is 30.6 Å². The second-order valence-corrected chi connectivity index (χ2v) is 5.12. The van der Waals surface area contributed by atoms with Gasteiger partial charge in [0.1, 0.15) is 0 Å². The average molecular weight is 250 g/mol. The topological polar surface area (TPSA) is 61.4 Å². The fourth-order valence-corrected chi connectivity index (χ4v) is 1.70. The molecular weight excluding hydrogens is 228 g/mol. The number of aliphatic hydroxyl groups is 1. The molecule has 4 nitrogen and oxygen atoms in total. The first kappa shape index (κ1) is 14.5. The molecule has 0 spiro atoms. The van der Waals surface area contributed by atoms with Gasteiger partial charge in [0, 0.05) is 25.9 Å². The number of para-hydroxylation sites is 1. The lowest BCUT2D eigenvalue weighted by Gasteiger charge is -2.24. The number of anilines is 1. The SMILES string of the molecule is CNc1ccccc1C(=O)NCC(C)(C)CCO. The zero-order valence-corrected chi connectivity index (χ0v) is 11.3. The third-order valence-corrected chi connectivity index (χ3v) is 2.96. The highest BCUT2D eigenvalue weighted by molar-refractivity contribution is 5.99. The highest BCUT2D eigenvalue weighted by Crippen LogP contribution is 2.19. The van der Waals surface area contributed by atoms with Gasteiger partial charge in [0.15, 0.2) is 0 Å². The lowest BCUT2D eigenvalue weighted by Crippen LogP contribution is -2.34. The van der Waals surface area contributed by atoms with Crippen molar-refractivity contribution in [3.8, 4) is 0 Å². The summed E-state index contributed by atoms with van der Waals surface area (Å²) in [6, 6.07) is 7.39. The van der Waals surface area contributed by atoms with Crippen molar-refractivity contribution >= 4 is 11.6 Å². The van der Waals surface area contributed by atoms with E-state index in [-0.39, 0.29) is 17.9 Å². The summed E-state index contributed by atoms with van der Waals surface area (Å²) in [6.45, 7) is 4.72. The van der Waals surface area contributed by atoms with E-state index >= 15 is 0 Å². The summed E-state index contributed by atoms with van der Waals surface area (Å²) in [5.41, 5.74) is 1.36. The number of carbonyl (C=O) groups is 1. The molecule has 0 aliphatic heterocycles. The van der Waals surface area contributed by atoms with E-state index < -0.39 is 0 Å². The molecule has 0 aromatic heterocycles. The van der Waals surface area contributed by atoms with Crippen molar-refractivity contribution < 1.29 is 9.90 Å². The number of rotatable bonds is 6. The van der Waals surface area contributed by atoms with Crippen LogP contribution < -0.4 is 10.6 Å². The first-order chi connectivity index (χ1) is 8.50. The molecule has 1 aromatic carbocycles. The van der Waals surface area contributed by atoms with Gasteiger partial charge in [-0.25, -0.2) is 0 Å². The molecule has 0 bridgehead atoms. The number of carbonyl (C=O) groups excluding carboxylic acids is 1. The third-order valence-electron chi connectivity index (χ3n) is 2.96. The third kappa shape index (κ3) is 4.04. The Labute approximate surface area is 108 Å². The maximum Gasteiger partial charge on any atom is 0.253 e. The van der Waals surface area contributed by atoms with E-state index in [9.17, 15) is 4.79 Å². The zero-order valence-electron chi connectivity index (χ0n) is 11.3. The van der Waals surface area contributed by atoms with Gasteiger partial charge in [0.25, 0.3) is 5.91 Å². The Morgan fingerprint density at radius 3 is 2.61 bits per heavy atom. The molecule has 0 saturated carbocycles. The molecule has 0 fully saturated rings. The summed E-state index contributed by atoms with van der Waals surface area (Å²) in [5, 5.41) is 14.9. The number of benzene rings is 1. The number of aliphatic hydroxyl groups excluding tert-OH is 1. The molecule has 1 rings (SSSR count). The standard InChI is InChI=1S/C14H22N2O2/c1-14(2,8-9-17)10-16-13(18)11-6-4-5-7-12(11)15-3/h4-7,15,17H,8-10H2,1-3H3,(H,16,18). The Bertz CT molecular complexity index is 403. The summed E-state index contributed by atoms with van der Waals surface area (Å²) in [5.74, 6) is -0.0917. The maximum atomic E-state index is 12.1. The fraction of sp³-hybridized carbons (Fsp3) is 0.500. The van der Waals surface area contributed by atoms with Gasteiger partial charge in [0.05, 0.1) is 5.56 Å². The minimum Gasteiger partial charge on any atom is -0.396 e. The van der Waals surface area contributed by atoms with Crippen LogP contribution in [0.4, 0.5) is 5.69 Å². The predicted molar refractivity (Wildman–Crippen MR) is 73.8 cm³/mol. The van der Waals surface area contributed by atoms with Crippen LogP contribution in [-0.4, -0.2) is 31.2 Å². The second kappa shape index (κ2) is 6.40. The number of hydrogen-bond donors (Lipinski definition) is 3. The van der Waals surface area contributed by atoms with Crippen molar-refractivity contribution in [2.24, 2.45) is 5.41 Å². The quantitative estimate of drug-likeness (QED) is 0.722. The van der Waals surface area contributed by atoms with Gasteiger partial charge in [-0.05, 0) is 24.0 Å². The summed E-state index contributed by atoms with van der Waals surface area (Å²) in [7, 11) is 1.79. The fourth-order valence-electron chi connectivity index (χ4n) is 1.70. The van der Waals surface area contributed by atoms with Crippen molar-refractivity contribution in [2.45, 2.75) is 20.3 Å². The normalized spacial score (nSPS) is 11.1. The molecule has 100 valence electrons. The molecule has 1 amide bonds. The van der Waals surface area contributed by atoms with Crippen molar-refractivity contribution in [1.29, 1.82) is 0 Å². The summed E-state index contributed by atoms with van der Waals surface area (Å²) >= 11 is 0.